The molecule has 0 aliphatic carbocycles. The van der Waals surface area contributed by atoms with Gasteiger partial charge in [-0.1, -0.05) is 25.4 Å². The maximum atomic E-state index is 11.3. The molecule has 18 heavy (non-hydrogen) atoms. The molecule has 0 unspecified atom stereocenters. The smallest absolute Gasteiger partial charge is 0.159 e. The van der Waals surface area contributed by atoms with Gasteiger partial charge in [0.05, 0.1) is 10.7 Å². The van der Waals surface area contributed by atoms with Crippen molar-refractivity contribution in [2.45, 2.75) is 33.6 Å². The third-order valence-corrected chi connectivity index (χ3v) is 4.11. The molecule has 3 heteroatoms. The lowest BCUT2D eigenvalue weighted by Gasteiger charge is -2.38. The van der Waals surface area contributed by atoms with E-state index in [0.717, 1.165) is 18.8 Å². The molecule has 98 valence electrons. The third kappa shape index (κ3) is 2.86. The maximum Gasteiger partial charge on any atom is 0.159 e. The molecule has 0 bridgehead atoms. The molecule has 1 aliphatic rings. The van der Waals surface area contributed by atoms with E-state index in [1.54, 1.807) is 13.0 Å². The van der Waals surface area contributed by atoms with E-state index in [9.17, 15) is 4.79 Å². The summed E-state index contributed by atoms with van der Waals surface area (Å²) in [6.45, 7) is 8.25. The quantitative estimate of drug-likeness (QED) is 0.748. The lowest BCUT2D eigenvalue weighted by atomic mass is 9.82. The number of benzene rings is 1. The van der Waals surface area contributed by atoms with E-state index in [-0.39, 0.29) is 5.78 Å². The van der Waals surface area contributed by atoms with Crippen LogP contribution in [0.1, 0.15) is 44.0 Å². The number of carbonyl (C=O) groups is 1. The van der Waals surface area contributed by atoms with Crippen molar-refractivity contribution >= 4 is 23.1 Å². The van der Waals surface area contributed by atoms with Crippen LogP contribution < -0.4 is 4.90 Å². The Morgan fingerprint density at radius 1 is 1.28 bits per heavy atom. The molecule has 0 saturated carbocycles. The number of hydrogen-bond donors (Lipinski definition) is 0. The minimum Gasteiger partial charge on any atom is -0.370 e. The molecule has 1 heterocycles. The van der Waals surface area contributed by atoms with Crippen LogP contribution in [0, 0.1) is 5.41 Å². The highest BCUT2D eigenvalue weighted by Crippen LogP contribution is 2.35. The first-order chi connectivity index (χ1) is 8.39. The minimum absolute atomic E-state index is 0.0585. The monoisotopic (exact) mass is 265 g/mol. The molecular formula is C15H20ClNO. The predicted octanol–water partition coefficient (Wildman–Crippen LogP) is 4.17. The molecule has 2 rings (SSSR count). The number of carbonyl (C=O) groups excluding carboxylic acids is 1. The van der Waals surface area contributed by atoms with E-state index in [0.29, 0.717) is 16.0 Å². The summed E-state index contributed by atoms with van der Waals surface area (Å²) in [4.78, 5) is 13.6. The number of anilines is 1. The fraction of sp³-hybridized carbons (Fsp3) is 0.533. The van der Waals surface area contributed by atoms with Crippen molar-refractivity contribution in [2.24, 2.45) is 5.41 Å². The second-order valence-corrected chi connectivity index (χ2v) is 6.28. The van der Waals surface area contributed by atoms with Gasteiger partial charge in [0.2, 0.25) is 0 Å². The van der Waals surface area contributed by atoms with E-state index in [1.165, 1.54) is 12.8 Å². The van der Waals surface area contributed by atoms with Crippen molar-refractivity contribution < 1.29 is 4.79 Å². The van der Waals surface area contributed by atoms with E-state index in [1.807, 2.05) is 12.1 Å². The zero-order valence-corrected chi connectivity index (χ0v) is 12.0. The van der Waals surface area contributed by atoms with Crippen LogP contribution >= 0.6 is 11.6 Å². The summed E-state index contributed by atoms with van der Waals surface area (Å²) in [6, 6.07) is 5.61. The van der Waals surface area contributed by atoms with E-state index >= 15 is 0 Å². The molecule has 0 atom stereocenters. The van der Waals surface area contributed by atoms with E-state index in [2.05, 4.69) is 18.7 Å². The molecule has 1 fully saturated rings. The Morgan fingerprint density at radius 2 is 1.89 bits per heavy atom. The molecule has 0 spiro atoms. The maximum absolute atomic E-state index is 11.3. The second-order valence-electron chi connectivity index (χ2n) is 5.87. The molecule has 0 radical (unpaired) electrons. The highest BCUT2D eigenvalue weighted by atomic mass is 35.5. The fourth-order valence-electron chi connectivity index (χ4n) is 2.34. The number of halogens is 1. The van der Waals surface area contributed by atoms with Crippen LogP contribution in [-0.4, -0.2) is 18.9 Å². The zero-order valence-electron chi connectivity index (χ0n) is 11.3. The van der Waals surface area contributed by atoms with Crippen LogP contribution in [0.4, 0.5) is 5.69 Å². The number of rotatable bonds is 2. The van der Waals surface area contributed by atoms with Crippen LogP contribution in [0.15, 0.2) is 18.2 Å². The molecule has 1 aromatic carbocycles. The Labute approximate surface area is 114 Å². The van der Waals surface area contributed by atoms with Gasteiger partial charge in [-0.3, -0.25) is 4.79 Å². The summed E-state index contributed by atoms with van der Waals surface area (Å²) in [5, 5.41) is 0.683. The van der Waals surface area contributed by atoms with Crippen LogP contribution in [0.2, 0.25) is 5.02 Å². The number of Topliss-reactive ketones (excluding diaryl/α,β-unsaturated/α-hetero) is 1. The summed E-state index contributed by atoms with van der Waals surface area (Å²) in [5.74, 6) is 0.0585. The second kappa shape index (κ2) is 4.93. The van der Waals surface area contributed by atoms with E-state index < -0.39 is 0 Å². The average molecular weight is 266 g/mol. The molecule has 1 aromatic rings. The summed E-state index contributed by atoms with van der Waals surface area (Å²) in [5.41, 5.74) is 2.17. The first-order valence-electron chi connectivity index (χ1n) is 6.44. The van der Waals surface area contributed by atoms with Crippen molar-refractivity contribution in [3.63, 3.8) is 0 Å². The largest absolute Gasteiger partial charge is 0.370 e. The Kier molecular flexibility index (Phi) is 3.67. The molecule has 0 aromatic heterocycles. The lowest BCUT2D eigenvalue weighted by Crippen LogP contribution is -2.37. The SMILES string of the molecule is CC(=O)c1ccc(N2CCC(C)(C)CC2)c(Cl)c1. The van der Waals surface area contributed by atoms with Crippen LogP contribution in [0.5, 0.6) is 0 Å². The normalized spacial score (nSPS) is 18.8. The Morgan fingerprint density at radius 3 is 2.39 bits per heavy atom. The van der Waals surface area contributed by atoms with Crippen LogP contribution in [-0.2, 0) is 0 Å². The van der Waals surface area contributed by atoms with Gasteiger partial charge in [0.15, 0.2) is 5.78 Å². The summed E-state index contributed by atoms with van der Waals surface area (Å²) >= 11 is 6.28. The number of piperidine rings is 1. The molecule has 1 aliphatic heterocycles. The van der Waals surface area contributed by atoms with Crippen LogP contribution in [0.25, 0.3) is 0 Å². The molecule has 0 amide bonds. The molecule has 2 nitrogen and oxygen atoms in total. The molecular weight excluding hydrogens is 246 g/mol. The van der Waals surface area contributed by atoms with Crippen molar-refractivity contribution in [1.29, 1.82) is 0 Å². The van der Waals surface area contributed by atoms with Gasteiger partial charge >= 0.3 is 0 Å². The predicted molar refractivity (Wildman–Crippen MR) is 76.7 cm³/mol. The molecule has 0 N–H and O–H groups in total. The fourth-order valence-corrected chi connectivity index (χ4v) is 2.64. The number of nitrogens with zero attached hydrogens (tertiary/aromatic N) is 1. The minimum atomic E-state index is 0.0585. The Hall–Kier alpha value is -1.02. The van der Waals surface area contributed by atoms with E-state index in [4.69, 9.17) is 11.6 Å². The Bertz CT molecular complexity index is 458. The number of hydrogen-bond acceptors (Lipinski definition) is 2. The van der Waals surface area contributed by atoms with Crippen molar-refractivity contribution in [3.05, 3.63) is 28.8 Å². The van der Waals surface area contributed by atoms with Crippen molar-refractivity contribution in [1.82, 2.24) is 0 Å². The summed E-state index contributed by atoms with van der Waals surface area (Å²) < 4.78 is 0. The lowest BCUT2D eigenvalue weighted by molar-refractivity contribution is 0.101. The van der Waals surface area contributed by atoms with Gasteiger partial charge in [-0.25, -0.2) is 0 Å². The van der Waals surface area contributed by atoms with Gasteiger partial charge in [-0.05, 0) is 43.4 Å². The van der Waals surface area contributed by atoms with Gasteiger partial charge in [0, 0.05) is 18.7 Å². The highest BCUT2D eigenvalue weighted by Gasteiger charge is 2.26. The standard InChI is InChI=1S/C15H20ClNO/c1-11(18)12-4-5-14(13(16)10-12)17-8-6-15(2,3)7-9-17/h4-5,10H,6-9H2,1-3H3. The van der Waals surface area contributed by atoms with Gasteiger partial charge in [-0.2, -0.15) is 0 Å². The Balaban J connectivity index is 2.17. The third-order valence-electron chi connectivity index (χ3n) is 3.81. The highest BCUT2D eigenvalue weighted by molar-refractivity contribution is 6.33. The van der Waals surface area contributed by atoms with Gasteiger partial charge in [-0.15, -0.1) is 0 Å². The number of ketones is 1. The first kappa shape index (κ1) is 13.4. The van der Waals surface area contributed by atoms with Gasteiger partial charge in [0.1, 0.15) is 0 Å². The average Bonchev–Trinajstić information content (AvgIpc) is 2.29. The van der Waals surface area contributed by atoms with Gasteiger partial charge in [0.25, 0.3) is 0 Å². The van der Waals surface area contributed by atoms with Crippen molar-refractivity contribution in [3.8, 4) is 0 Å². The zero-order chi connectivity index (χ0) is 13.3. The summed E-state index contributed by atoms with van der Waals surface area (Å²) in [7, 11) is 0. The summed E-state index contributed by atoms with van der Waals surface area (Å²) in [6.07, 6.45) is 2.36. The van der Waals surface area contributed by atoms with Gasteiger partial charge < -0.3 is 4.90 Å². The van der Waals surface area contributed by atoms with Crippen LogP contribution in [0.3, 0.4) is 0 Å². The topological polar surface area (TPSA) is 20.3 Å². The van der Waals surface area contributed by atoms with Crippen molar-refractivity contribution in [2.75, 3.05) is 18.0 Å². The first-order valence-corrected chi connectivity index (χ1v) is 6.82. The molecule has 1 saturated heterocycles.